The molecule has 1 saturated carbocycles. The van der Waals surface area contributed by atoms with Crippen LogP contribution in [0.15, 0.2) is 36.7 Å². The van der Waals surface area contributed by atoms with E-state index in [0.29, 0.717) is 23.9 Å². The zero-order chi connectivity index (χ0) is 18.8. The molecule has 2 fully saturated rings. The largest absolute Gasteiger partial charge is 0.341 e. The van der Waals surface area contributed by atoms with Crippen LogP contribution in [0.1, 0.15) is 41.1 Å². The average Bonchev–Trinajstić information content (AvgIpc) is 3.47. The number of piperidine rings is 1. The van der Waals surface area contributed by atoms with Crippen molar-refractivity contribution in [3.05, 3.63) is 53.6 Å². The van der Waals surface area contributed by atoms with Gasteiger partial charge in [0.1, 0.15) is 5.82 Å². The molecule has 0 radical (unpaired) electrons. The number of hydrogen-bond acceptors (Lipinski definition) is 6. The van der Waals surface area contributed by atoms with Crippen LogP contribution in [-0.2, 0) is 0 Å². The van der Waals surface area contributed by atoms with E-state index >= 15 is 0 Å². The normalized spacial score (nSPS) is 22.5. The fourth-order valence-corrected chi connectivity index (χ4v) is 3.67. The van der Waals surface area contributed by atoms with E-state index in [1.807, 2.05) is 12.1 Å². The van der Waals surface area contributed by atoms with Gasteiger partial charge in [-0.05, 0) is 37.0 Å². The summed E-state index contributed by atoms with van der Waals surface area (Å²) < 4.78 is 13.0. The van der Waals surface area contributed by atoms with Crippen molar-refractivity contribution >= 4 is 11.9 Å². The lowest BCUT2D eigenvalue weighted by Gasteiger charge is -2.32. The summed E-state index contributed by atoms with van der Waals surface area (Å²) in [4.78, 5) is 21.9. The van der Waals surface area contributed by atoms with Crippen molar-refractivity contribution in [1.82, 2.24) is 20.8 Å². The molecule has 7 nitrogen and oxygen atoms in total. The van der Waals surface area contributed by atoms with Crippen molar-refractivity contribution in [2.45, 2.75) is 37.3 Å². The second-order valence-electron chi connectivity index (χ2n) is 7.14. The highest BCUT2D eigenvalue weighted by molar-refractivity contribution is 5.92. The van der Waals surface area contributed by atoms with Gasteiger partial charge in [-0.15, -0.1) is 0 Å². The Kier molecular flexibility index (Phi) is 5.00. The van der Waals surface area contributed by atoms with Crippen LogP contribution in [-0.4, -0.2) is 46.3 Å². The quantitative estimate of drug-likeness (QED) is 0.549. The molecule has 4 rings (SSSR count). The summed E-state index contributed by atoms with van der Waals surface area (Å²) in [6.45, 7) is 1.69. The molecular formula is C19H22FN5O2. The molecule has 1 amide bonds. The summed E-state index contributed by atoms with van der Waals surface area (Å²) in [6, 6.07) is 7.73. The maximum atomic E-state index is 13.0. The van der Waals surface area contributed by atoms with Gasteiger partial charge in [0.05, 0.1) is 5.56 Å². The maximum Gasteiger partial charge on any atom is 0.277 e. The molecule has 0 bridgehead atoms. The lowest BCUT2D eigenvalue weighted by Crippen LogP contribution is -2.44. The minimum Gasteiger partial charge on any atom is -0.341 e. The van der Waals surface area contributed by atoms with Gasteiger partial charge in [-0.3, -0.25) is 10.0 Å². The molecule has 142 valence electrons. The predicted octanol–water partition coefficient (Wildman–Crippen LogP) is 1.85. The van der Waals surface area contributed by atoms with Crippen LogP contribution >= 0.6 is 0 Å². The Balaban J connectivity index is 1.26. The summed E-state index contributed by atoms with van der Waals surface area (Å²) >= 11 is 0. The number of anilines is 1. The van der Waals surface area contributed by atoms with Crippen molar-refractivity contribution in [3.63, 3.8) is 0 Å². The lowest BCUT2D eigenvalue weighted by atomic mass is 10.0. The van der Waals surface area contributed by atoms with E-state index in [9.17, 15) is 9.18 Å². The highest BCUT2D eigenvalue weighted by atomic mass is 19.1. The summed E-state index contributed by atoms with van der Waals surface area (Å²) in [5, 5.41) is 12.3. The van der Waals surface area contributed by atoms with Gasteiger partial charge in [0.25, 0.3) is 5.91 Å². The summed E-state index contributed by atoms with van der Waals surface area (Å²) in [6.07, 6.45) is 5.92. The van der Waals surface area contributed by atoms with Gasteiger partial charge in [0.15, 0.2) is 0 Å². The summed E-state index contributed by atoms with van der Waals surface area (Å²) in [5.74, 6) is 0.267. The van der Waals surface area contributed by atoms with Gasteiger partial charge in [-0.2, -0.15) is 0 Å². The number of aromatic nitrogens is 2. The molecule has 1 aromatic carbocycles. The monoisotopic (exact) mass is 371 g/mol. The zero-order valence-corrected chi connectivity index (χ0v) is 14.8. The van der Waals surface area contributed by atoms with Crippen molar-refractivity contribution in [2.24, 2.45) is 0 Å². The molecule has 2 heterocycles. The van der Waals surface area contributed by atoms with Gasteiger partial charge in [0, 0.05) is 43.5 Å². The number of carbonyl (C=O) groups excluding carboxylic acids is 1. The molecule has 2 aromatic rings. The van der Waals surface area contributed by atoms with Gasteiger partial charge < -0.3 is 10.2 Å². The number of nitrogens with one attached hydrogen (secondary N) is 2. The molecule has 1 aliphatic carbocycles. The van der Waals surface area contributed by atoms with Crippen LogP contribution in [0.2, 0.25) is 0 Å². The Hall–Kier alpha value is -2.58. The summed E-state index contributed by atoms with van der Waals surface area (Å²) in [7, 11) is 0. The van der Waals surface area contributed by atoms with Crippen molar-refractivity contribution < 1.29 is 14.4 Å². The van der Waals surface area contributed by atoms with Crippen LogP contribution in [0.5, 0.6) is 0 Å². The Labute approximate surface area is 156 Å². The Morgan fingerprint density at radius 3 is 2.44 bits per heavy atom. The zero-order valence-electron chi connectivity index (χ0n) is 14.8. The number of hydroxylamine groups is 1. The van der Waals surface area contributed by atoms with Gasteiger partial charge in [0.2, 0.25) is 5.95 Å². The average molecular weight is 371 g/mol. The smallest absolute Gasteiger partial charge is 0.277 e. The third-order valence-electron chi connectivity index (χ3n) is 5.32. The molecule has 0 spiro atoms. The summed E-state index contributed by atoms with van der Waals surface area (Å²) in [5.41, 5.74) is 2.99. The molecule has 2 atom stereocenters. The predicted molar refractivity (Wildman–Crippen MR) is 97.2 cm³/mol. The SMILES string of the molecule is O=C(NO)c1cnc(N2CCC(NC3CC3c3ccc(F)cc3)CC2)nc1. The first-order chi connectivity index (χ1) is 13.1. The molecule has 1 saturated heterocycles. The maximum absolute atomic E-state index is 13.0. The standard InChI is InChI=1S/C19H22FN5O2/c20-14-3-1-12(2-4-14)16-9-17(16)23-15-5-7-25(8-6-15)19-21-10-13(11-22-19)18(26)24-27/h1-4,10-11,15-17,23,27H,5-9H2,(H,24,26). The molecule has 27 heavy (non-hydrogen) atoms. The van der Waals surface area contributed by atoms with Crippen molar-refractivity contribution in [1.29, 1.82) is 0 Å². The number of amides is 1. The van der Waals surface area contributed by atoms with Gasteiger partial charge >= 0.3 is 0 Å². The van der Waals surface area contributed by atoms with E-state index in [1.54, 1.807) is 5.48 Å². The van der Waals surface area contributed by atoms with Crippen LogP contribution in [0, 0.1) is 5.82 Å². The number of benzene rings is 1. The van der Waals surface area contributed by atoms with E-state index in [-0.39, 0.29) is 11.4 Å². The van der Waals surface area contributed by atoms with E-state index in [2.05, 4.69) is 20.2 Å². The first-order valence-electron chi connectivity index (χ1n) is 9.17. The number of hydrogen-bond donors (Lipinski definition) is 3. The number of halogens is 1. The minimum atomic E-state index is -0.621. The molecule has 2 unspecified atom stereocenters. The Bertz CT molecular complexity index is 791. The van der Waals surface area contributed by atoms with Crippen LogP contribution in [0.3, 0.4) is 0 Å². The molecular weight excluding hydrogens is 349 g/mol. The first kappa shape index (κ1) is 17.8. The minimum absolute atomic E-state index is 0.191. The number of rotatable bonds is 5. The third-order valence-corrected chi connectivity index (χ3v) is 5.32. The highest BCUT2D eigenvalue weighted by Gasteiger charge is 2.39. The second-order valence-corrected chi connectivity index (χ2v) is 7.14. The molecule has 8 heteroatoms. The topological polar surface area (TPSA) is 90.4 Å². The van der Waals surface area contributed by atoms with E-state index in [1.165, 1.54) is 30.1 Å². The number of carbonyl (C=O) groups is 1. The van der Waals surface area contributed by atoms with E-state index in [4.69, 9.17) is 5.21 Å². The van der Waals surface area contributed by atoms with Crippen molar-refractivity contribution in [3.8, 4) is 0 Å². The third kappa shape index (κ3) is 4.06. The van der Waals surface area contributed by atoms with E-state index < -0.39 is 5.91 Å². The van der Waals surface area contributed by atoms with Crippen molar-refractivity contribution in [2.75, 3.05) is 18.0 Å². The second kappa shape index (κ2) is 7.58. The first-order valence-corrected chi connectivity index (χ1v) is 9.17. The fourth-order valence-electron chi connectivity index (χ4n) is 3.67. The molecule has 1 aromatic heterocycles. The lowest BCUT2D eigenvalue weighted by molar-refractivity contribution is 0.0705. The fraction of sp³-hybridized carbons (Fsp3) is 0.421. The van der Waals surface area contributed by atoms with E-state index in [0.717, 1.165) is 32.4 Å². The molecule has 1 aliphatic heterocycles. The van der Waals surface area contributed by atoms with Gasteiger partial charge in [-0.1, -0.05) is 12.1 Å². The van der Waals surface area contributed by atoms with Crippen LogP contribution in [0.4, 0.5) is 10.3 Å². The number of nitrogens with zero attached hydrogens (tertiary/aromatic N) is 3. The van der Waals surface area contributed by atoms with Crippen LogP contribution in [0.25, 0.3) is 0 Å². The Morgan fingerprint density at radius 1 is 1.15 bits per heavy atom. The Morgan fingerprint density at radius 2 is 1.81 bits per heavy atom. The molecule has 3 N–H and O–H groups in total. The van der Waals surface area contributed by atoms with Gasteiger partial charge in [-0.25, -0.2) is 19.8 Å². The molecule has 2 aliphatic rings. The van der Waals surface area contributed by atoms with Crippen LogP contribution < -0.4 is 15.7 Å². The highest BCUT2D eigenvalue weighted by Crippen LogP contribution is 2.41.